The monoisotopic (exact) mass is 444 g/mol. The van der Waals surface area contributed by atoms with E-state index >= 15 is 0 Å². The Labute approximate surface area is 192 Å². The van der Waals surface area contributed by atoms with Gasteiger partial charge in [-0.1, -0.05) is 60.7 Å². The summed E-state index contributed by atoms with van der Waals surface area (Å²) in [5, 5.41) is 5.80. The molecule has 2 N–H and O–H groups in total. The Morgan fingerprint density at radius 2 is 1.61 bits per heavy atom. The van der Waals surface area contributed by atoms with Crippen molar-refractivity contribution in [3.63, 3.8) is 0 Å². The molecule has 0 aliphatic carbocycles. The molecule has 0 aliphatic rings. The van der Waals surface area contributed by atoms with Crippen LogP contribution < -0.4 is 5.32 Å². The van der Waals surface area contributed by atoms with E-state index in [4.69, 9.17) is 9.47 Å². The summed E-state index contributed by atoms with van der Waals surface area (Å²) in [5.41, 5.74) is 2.11. The van der Waals surface area contributed by atoms with Crippen molar-refractivity contribution in [3.05, 3.63) is 84.1 Å². The molecule has 170 valence electrons. The SMILES string of the molecule is CC(C)(C)OC(=O)N[C@@H](Cc1c[nH]c2ccccc12)C(=O)OCc1cccc2ccccc12. The maximum absolute atomic E-state index is 13.1. The Bertz CT molecular complexity index is 1280. The molecule has 1 atom stereocenters. The number of benzene rings is 3. The fraction of sp³-hybridized carbons (Fsp3) is 0.259. The minimum absolute atomic E-state index is 0.112. The number of rotatable bonds is 6. The molecule has 3 aromatic carbocycles. The van der Waals surface area contributed by atoms with Crippen molar-refractivity contribution in [2.75, 3.05) is 0 Å². The molecule has 1 amide bonds. The van der Waals surface area contributed by atoms with Gasteiger partial charge in [-0.2, -0.15) is 0 Å². The Morgan fingerprint density at radius 3 is 2.39 bits per heavy atom. The Morgan fingerprint density at radius 1 is 0.909 bits per heavy atom. The largest absolute Gasteiger partial charge is 0.459 e. The van der Waals surface area contributed by atoms with Crippen LogP contribution in [0.1, 0.15) is 31.9 Å². The summed E-state index contributed by atoms with van der Waals surface area (Å²) in [4.78, 5) is 28.8. The lowest BCUT2D eigenvalue weighted by molar-refractivity contribution is -0.147. The van der Waals surface area contributed by atoms with E-state index in [1.54, 1.807) is 20.8 Å². The first-order chi connectivity index (χ1) is 15.8. The predicted octanol–water partition coefficient (Wildman–Crippen LogP) is 5.50. The highest BCUT2D eigenvalue weighted by atomic mass is 16.6. The van der Waals surface area contributed by atoms with Gasteiger partial charge in [-0.05, 0) is 48.7 Å². The number of hydrogen-bond donors (Lipinski definition) is 2. The van der Waals surface area contributed by atoms with Gasteiger partial charge in [-0.15, -0.1) is 0 Å². The minimum atomic E-state index is -0.894. The quantitative estimate of drug-likeness (QED) is 0.385. The fourth-order valence-corrected chi connectivity index (χ4v) is 3.83. The Hall–Kier alpha value is -3.80. The molecule has 4 rings (SSSR count). The number of aromatic nitrogens is 1. The van der Waals surface area contributed by atoms with Crippen LogP contribution in [0.5, 0.6) is 0 Å². The van der Waals surface area contributed by atoms with E-state index in [1.807, 2.05) is 72.9 Å². The minimum Gasteiger partial charge on any atom is -0.459 e. The maximum atomic E-state index is 13.1. The van der Waals surface area contributed by atoms with Crippen LogP contribution in [-0.2, 0) is 27.3 Å². The zero-order chi connectivity index (χ0) is 23.4. The van der Waals surface area contributed by atoms with Gasteiger partial charge in [0.15, 0.2) is 0 Å². The summed E-state index contributed by atoms with van der Waals surface area (Å²) in [7, 11) is 0. The molecule has 6 heteroatoms. The molecule has 0 aliphatic heterocycles. The second-order valence-electron chi connectivity index (χ2n) is 9.01. The highest BCUT2D eigenvalue weighted by molar-refractivity contribution is 5.87. The summed E-state index contributed by atoms with van der Waals surface area (Å²) in [6, 6.07) is 20.8. The number of para-hydroxylation sites is 1. The molecule has 4 aromatic rings. The summed E-state index contributed by atoms with van der Waals surface area (Å²) >= 11 is 0. The van der Waals surface area contributed by atoms with Crippen molar-refractivity contribution >= 4 is 33.7 Å². The molecule has 0 radical (unpaired) electrons. The smallest absolute Gasteiger partial charge is 0.408 e. The third-order valence-electron chi connectivity index (χ3n) is 5.32. The highest BCUT2D eigenvalue weighted by Gasteiger charge is 2.27. The van der Waals surface area contributed by atoms with Crippen LogP contribution in [0, 0.1) is 0 Å². The van der Waals surface area contributed by atoms with Crippen LogP contribution in [-0.4, -0.2) is 28.7 Å². The molecule has 1 heterocycles. The van der Waals surface area contributed by atoms with Gasteiger partial charge in [0.2, 0.25) is 0 Å². The molecule has 0 spiro atoms. The van der Waals surface area contributed by atoms with Gasteiger partial charge >= 0.3 is 12.1 Å². The number of amides is 1. The summed E-state index contributed by atoms with van der Waals surface area (Å²) in [5.74, 6) is -0.515. The normalized spacial score (nSPS) is 12.5. The number of aromatic amines is 1. The first-order valence-electron chi connectivity index (χ1n) is 11.0. The van der Waals surface area contributed by atoms with Crippen molar-refractivity contribution in [1.82, 2.24) is 10.3 Å². The van der Waals surface area contributed by atoms with Gasteiger partial charge in [-0.25, -0.2) is 9.59 Å². The number of ether oxygens (including phenoxy) is 2. The number of carbonyl (C=O) groups is 2. The molecule has 0 saturated carbocycles. The number of fused-ring (bicyclic) bond motifs is 2. The average molecular weight is 445 g/mol. The Balaban J connectivity index is 1.53. The van der Waals surface area contributed by atoms with E-state index in [0.29, 0.717) is 0 Å². The second-order valence-corrected chi connectivity index (χ2v) is 9.01. The van der Waals surface area contributed by atoms with Gasteiger partial charge < -0.3 is 19.8 Å². The van der Waals surface area contributed by atoms with Crippen LogP contribution in [0.3, 0.4) is 0 Å². The zero-order valence-electron chi connectivity index (χ0n) is 19.1. The van der Waals surface area contributed by atoms with Gasteiger partial charge in [-0.3, -0.25) is 0 Å². The first kappa shape index (κ1) is 22.4. The highest BCUT2D eigenvalue weighted by Crippen LogP contribution is 2.22. The van der Waals surface area contributed by atoms with Crippen LogP contribution in [0.15, 0.2) is 72.9 Å². The Kier molecular flexibility index (Phi) is 6.36. The van der Waals surface area contributed by atoms with E-state index < -0.39 is 23.7 Å². The van der Waals surface area contributed by atoms with Gasteiger partial charge in [0.05, 0.1) is 0 Å². The predicted molar refractivity (Wildman–Crippen MR) is 129 cm³/mol. The first-order valence-corrected chi connectivity index (χ1v) is 11.0. The fourth-order valence-electron chi connectivity index (χ4n) is 3.83. The van der Waals surface area contributed by atoms with Crippen molar-refractivity contribution < 1.29 is 19.1 Å². The van der Waals surface area contributed by atoms with Crippen molar-refractivity contribution in [2.45, 2.75) is 45.4 Å². The van der Waals surface area contributed by atoms with Crippen molar-refractivity contribution in [1.29, 1.82) is 0 Å². The van der Waals surface area contributed by atoms with E-state index in [0.717, 1.165) is 32.8 Å². The maximum Gasteiger partial charge on any atom is 0.408 e. The molecule has 33 heavy (non-hydrogen) atoms. The van der Waals surface area contributed by atoms with E-state index in [9.17, 15) is 9.59 Å². The van der Waals surface area contributed by atoms with Crippen LogP contribution >= 0.6 is 0 Å². The topological polar surface area (TPSA) is 80.4 Å². The van der Waals surface area contributed by atoms with Gasteiger partial charge in [0, 0.05) is 23.5 Å². The molecule has 0 bridgehead atoms. The molecule has 1 aromatic heterocycles. The van der Waals surface area contributed by atoms with Crippen LogP contribution in [0.2, 0.25) is 0 Å². The average Bonchev–Trinajstić information content (AvgIpc) is 3.18. The third-order valence-corrected chi connectivity index (χ3v) is 5.32. The van der Waals surface area contributed by atoms with Gasteiger partial charge in [0.25, 0.3) is 0 Å². The number of H-pyrrole nitrogens is 1. The molecule has 0 unspecified atom stereocenters. The lowest BCUT2D eigenvalue weighted by Crippen LogP contribution is -2.45. The van der Waals surface area contributed by atoms with E-state index in [2.05, 4.69) is 10.3 Å². The molecule has 0 fully saturated rings. The molecular weight excluding hydrogens is 416 g/mol. The van der Waals surface area contributed by atoms with E-state index in [1.165, 1.54) is 0 Å². The zero-order valence-corrected chi connectivity index (χ0v) is 19.1. The van der Waals surface area contributed by atoms with Crippen LogP contribution in [0.25, 0.3) is 21.7 Å². The summed E-state index contributed by atoms with van der Waals surface area (Å²) in [6.45, 7) is 5.45. The number of alkyl carbamates (subject to hydrolysis) is 1. The lowest BCUT2D eigenvalue weighted by Gasteiger charge is -2.23. The second kappa shape index (κ2) is 9.36. The standard InChI is InChI=1S/C27H28N2O4/c1-27(2,3)33-26(31)29-24(15-20-16-28-23-14-7-6-13-22(20)23)25(30)32-17-19-11-8-10-18-9-4-5-12-21(18)19/h4-14,16,24,28H,15,17H2,1-3H3,(H,29,31)/t24-/m0/s1. The van der Waals surface area contributed by atoms with Gasteiger partial charge in [0.1, 0.15) is 18.2 Å². The summed E-state index contributed by atoms with van der Waals surface area (Å²) in [6.07, 6.45) is 1.47. The number of hydrogen-bond acceptors (Lipinski definition) is 4. The van der Waals surface area contributed by atoms with Crippen molar-refractivity contribution in [3.8, 4) is 0 Å². The molecular formula is C27H28N2O4. The summed E-state index contributed by atoms with van der Waals surface area (Å²) < 4.78 is 11.1. The number of esters is 1. The van der Waals surface area contributed by atoms with Crippen LogP contribution in [0.4, 0.5) is 4.79 Å². The third kappa shape index (κ3) is 5.52. The number of nitrogens with one attached hydrogen (secondary N) is 2. The molecule has 6 nitrogen and oxygen atoms in total. The number of carbonyl (C=O) groups excluding carboxylic acids is 2. The molecule has 0 saturated heterocycles. The lowest BCUT2D eigenvalue weighted by atomic mass is 10.0. The van der Waals surface area contributed by atoms with Crippen molar-refractivity contribution in [2.24, 2.45) is 0 Å². The van der Waals surface area contributed by atoms with E-state index in [-0.39, 0.29) is 13.0 Å².